The molecule has 0 fully saturated rings. The number of rotatable bonds is 1. The molecule has 1 nitrogen and oxygen atoms in total. The maximum absolute atomic E-state index is 12.8. The molecule has 0 radical (unpaired) electrons. The molecular weight excluding hydrogens is 153 g/mol. The van der Waals surface area contributed by atoms with E-state index in [2.05, 4.69) is 11.4 Å². The van der Waals surface area contributed by atoms with Gasteiger partial charge in [-0.15, -0.1) is 0 Å². The van der Waals surface area contributed by atoms with Crippen LogP contribution < -0.4 is 5.32 Å². The van der Waals surface area contributed by atoms with E-state index in [1.807, 2.05) is 13.1 Å². The largest absolute Gasteiger partial charge is 0.388 e. The molecule has 0 saturated heterocycles. The summed E-state index contributed by atoms with van der Waals surface area (Å²) in [7, 11) is 1.85. The second kappa shape index (κ2) is 2.63. The van der Waals surface area contributed by atoms with Crippen LogP contribution in [0.2, 0.25) is 0 Å². The molecule has 1 aromatic rings. The van der Waals surface area contributed by atoms with Crippen molar-refractivity contribution in [2.75, 3.05) is 7.05 Å². The quantitative estimate of drug-likeness (QED) is 0.667. The highest BCUT2D eigenvalue weighted by Gasteiger charge is 2.12. The van der Waals surface area contributed by atoms with Crippen LogP contribution in [0.4, 0.5) is 4.39 Å². The first-order valence-corrected chi connectivity index (χ1v) is 3.98. The number of hydrogen-bond acceptors (Lipinski definition) is 1. The zero-order valence-electron chi connectivity index (χ0n) is 6.89. The van der Waals surface area contributed by atoms with E-state index >= 15 is 0 Å². The summed E-state index contributed by atoms with van der Waals surface area (Å²) in [6.45, 7) is 0. The van der Waals surface area contributed by atoms with Gasteiger partial charge in [-0.05, 0) is 24.1 Å². The molecule has 1 aliphatic rings. The Labute approximate surface area is 70.9 Å². The van der Waals surface area contributed by atoms with Gasteiger partial charge in [0.2, 0.25) is 0 Å². The van der Waals surface area contributed by atoms with Crippen LogP contribution in [0.3, 0.4) is 0 Å². The van der Waals surface area contributed by atoms with Crippen LogP contribution in [0.15, 0.2) is 24.3 Å². The Morgan fingerprint density at radius 2 is 2.25 bits per heavy atom. The van der Waals surface area contributed by atoms with Gasteiger partial charge in [0.25, 0.3) is 0 Å². The molecule has 0 bridgehead atoms. The fourth-order valence-corrected chi connectivity index (χ4v) is 1.54. The monoisotopic (exact) mass is 163 g/mol. The number of allylic oxidation sites excluding steroid dienone is 1. The number of benzene rings is 1. The minimum atomic E-state index is -0.170. The van der Waals surface area contributed by atoms with E-state index in [1.165, 1.54) is 11.6 Å². The normalized spacial score (nSPS) is 14.0. The average Bonchev–Trinajstić information content (AvgIpc) is 2.46. The predicted octanol–water partition coefficient (Wildman–Crippen LogP) is 1.94. The standard InChI is InChI=1S/C10H10FN/c1-12-10-5-3-7-2-4-8(11)6-9(7)10/h2,4-6,12H,3H2,1H3. The SMILES string of the molecule is CNC1=CCc2ccc(F)cc21. The highest BCUT2D eigenvalue weighted by atomic mass is 19.1. The Hall–Kier alpha value is -1.31. The minimum absolute atomic E-state index is 0.170. The molecule has 62 valence electrons. The average molecular weight is 163 g/mol. The van der Waals surface area contributed by atoms with Gasteiger partial charge in [0.15, 0.2) is 0 Å². The van der Waals surface area contributed by atoms with E-state index in [0.717, 1.165) is 17.7 Å². The molecule has 0 atom stereocenters. The van der Waals surface area contributed by atoms with Crippen molar-refractivity contribution >= 4 is 5.70 Å². The molecule has 2 heteroatoms. The van der Waals surface area contributed by atoms with Crippen LogP contribution in [0.25, 0.3) is 5.70 Å². The lowest BCUT2D eigenvalue weighted by atomic mass is 10.1. The Balaban J connectivity index is 2.50. The van der Waals surface area contributed by atoms with E-state index < -0.39 is 0 Å². The van der Waals surface area contributed by atoms with E-state index in [-0.39, 0.29) is 5.82 Å². The Kier molecular flexibility index (Phi) is 1.61. The summed E-state index contributed by atoms with van der Waals surface area (Å²) in [4.78, 5) is 0. The summed E-state index contributed by atoms with van der Waals surface area (Å²) < 4.78 is 12.8. The summed E-state index contributed by atoms with van der Waals surface area (Å²) in [6.07, 6.45) is 2.98. The number of nitrogens with one attached hydrogen (secondary N) is 1. The first-order chi connectivity index (χ1) is 5.81. The highest BCUT2D eigenvalue weighted by molar-refractivity contribution is 5.71. The third kappa shape index (κ3) is 0.998. The van der Waals surface area contributed by atoms with Gasteiger partial charge in [-0.2, -0.15) is 0 Å². The summed E-state index contributed by atoms with van der Waals surface area (Å²) in [5, 5.41) is 3.04. The van der Waals surface area contributed by atoms with Crippen molar-refractivity contribution in [3.63, 3.8) is 0 Å². The van der Waals surface area contributed by atoms with Crippen molar-refractivity contribution in [2.24, 2.45) is 0 Å². The fourth-order valence-electron chi connectivity index (χ4n) is 1.54. The summed E-state index contributed by atoms with van der Waals surface area (Å²) in [5.41, 5.74) is 3.22. The topological polar surface area (TPSA) is 12.0 Å². The predicted molar refractivity (Wildman–Crippen MR) is 47.1 cm³/mol. The van der Waals surface area contributed by atoms with Crippen LogP contribution in [0.1, 0.15) is 11.1 Å². The zero-order valence-corrected chi connectivity index (χ0v) is 6.89. The summed E-state index contributed by atoms with van der Waals surface area (Å²) in [6, 6.07) is 4.92. The van der Waals surface area contributed by atoms with Gasteiger partial charge < -0.3 is 5.32 Å². The van der Waals surface area contributed by atoms with Gasteiger partial charge >= 0.3 is 0 Å². The van der Waals surface area contributed by atoms with Crippen LogP contribution in [-0.2, 0) is 6.42 Å². The van der Waals surface area contributed by atoms with Crippen molar-refractivity contribution < 1.29 is 4.39 Å². The molecule has 0 aromatic heterocycles. The van der Waals surface area contributed by atoms with Crippen LogP contribution in [0, 0.1) is 5.82 Å². The third-order valence-electron chi connectivity index (χ3n) is 2.16. The molecule has 2 rings (SSSR count). The van der Waals surface area contributed by atoms with E-state index in [0.29, 0.717) is 0 Å². The molecule has 0 aliphatic heterocycles. The lowest BCUT2D eigenvalue weighted by Gasteiger charge is -2.03. The van der Waals surface area contributed by atoms with Gasteiger partial charge in [-0.3, -0.25) is 0 Å². The van der Waals surface area contributed by atoms with Gasteiger partial charge in [0, 0.05) is 18.3 Å². The maximum Gasteiger partial charge on any atom is 0.123 e. The molecule has 0 heterocycles. The Morgan fingerprint density at radius 1 is 1.42 bits per heavy atom. The fraction of sp³-hybridized carbons (Fsp3) is 0.200. The van der Waals surface area contributed by atoms with Crippen molar-refractivity contribution in [3.05, 3.63) is 41.2 Å². The molecule has 0 saturated carbocycles. The Morgan fingerprint density at radius 3 is 3.00 bits per heavy atom. The lowest BCUT2D eigenvalue weighted by molar-refractivity contribution is 0.627. The molecule has 1 aliphatic carbocycles. The van der Waals surface area contributed by atoms with E-state index in [4.69, 9.17) is 0 Å². The summed E-state index contributed by atoms with van der Waals surface area (Å²) >= 11 is 0. The van der Waals surface area contributed by atoms with Crippen molar-refractivity contribution in [3.8, 4) is 0 Å². The molecule has 1 aromatic carbocycles. The van der Waals surface area contributed by atoms with Gasteiger partial charge in [-0.1, -0.05) is 12.1 Å². The molecular formula is C10H10FN. The molecule has 12 heavy (non-hydrogen) atoms. The third-order valence-corrected chi connectivity index (χ3v) is 2.16. The zero-order chi connectivity index (χ0) is 8.55. The highest BCUT2D eigenvalue weighted by Crippen LogP contribution is 2.25. The second-order valence-electron chi connectivity index (χ2n) is 2.87. The second-order valence-corrected chi connectivity index (χ2v) is 2.87. The number of fused-ring (bicyclic) bond motifs is 1. The van der Waals surface area contributed by atoms with Gasteiger partial charge in [0.05, 0.1) is 0 Å². The van der Waals surface area contributed by atoms with E-state index in [9.17, 15) is 4.39 Å². The lowest BCUT2D eigenvalue weighted by Crippen LogP contribution is -2.02. The van der Waals surface area contributed by atoms with Crippen LogP contribution in [-0.4, -0.2) is 7.05 Å². The first kappa shape index (κ1) is 7.35. The molecule has 1 N–H and O–H groups in total. The Bertz CT molecular complexity index is 342. The molecule has 0 spiro atoms. The molecule has 0 unspecified atom stereocenters. The minimum Gasteiger partial charge on any atom is -0.388 e. The number of hydrogen-bond donors (Lipinski definition) is 1. The van der Waals surface area contributed by atoms with Gasteiger partial charge in [0.1, 0.15) is 5.82 Å². The maximum atomic E-state index is 12.8. The summed E-state index contributed by atoms with van der Waals surface area (Å²) in [5.74, 6) is -0.170. The van der Waals surface area contributed by atoms with Crippen molar-refractivity contribution in [1.82, 2.24) is 5.32 Å². The van der Waals surface area contributed by atoms with E-state index in [1.54, 1.807) is 6.07 Å². The van der Waals surface area contributed by atoms with Crippen molar-refractivity contribution in [2.45, 2.75) is 6.42 Å². The van der Waals surface area contributed by atoms with Crippen LogP contribution in [0.5, 0.6) is 0 Å². The van der Waals surface area contributed by atoms with Crippen LogP contribution >= 0.6 is 0 Å². The number of halogens is 1. The smallest absolute Gasteiger partial charge is 0.123 e. The molecule has 0 amide bonds. The first-order valence-electron chi connectivity index (χ1n) is 3.98. The van der Waals surface area contributed by atoms with Crippen molar-refractivity contribution in [1.29, 1.82) is 0 Å². The van der Waals surface area contributed by atoms with Gasteiger partial charge in [-0.25, -0.2) is 4.39 Å².